The first kappa shape index (κ1) is 25.5. The van der Waals surface area contributed by atoms with Crippen LogP contribution in [0.15, 0.2) is 46.9 Å². The number of hydrogen-bond donors (Lipinski definition) is 2. The maximum atomic E-state index is 4.92. The fraction of sp³-hybridized carbons (Fsp3) is 0.552. The lowest BCUT2D eigenvalue weighted by molar-refractivity contribution is 0.224. The molecule has 2 aliphatic rings. The van der Waals surface area contributed by atoms with Crippen LogP contribution in [0.1, 0.15) is 76.8 Å². The lowest BCUT2D eigenvalue weighted by atomic mass is 9.69. The van der Waals surface area contributed by atoms with E-state index in [9.17, 15) is 0 Å². The van der Waals surface area contributed by atoms with Crippen molar-refractivity contribution >= 4 is 28.6 Å². The van der Waals surface area contributed by atoms with Gasteiger partial charge in [-0.2, -0.15) is 5.11 Å². The summed E-state index contributed by atoms with van der Waals surface area (Å²) < 4.78 is 0. The highest BCUT2D eigenvalue weighted by molar-refractivity contribution is 5.86. The number of H-pyrrole nitrogens is 1. The molecule has 0 saturated heterocycles. The molecule has 3 aromatic rings. The monoisotopic (exact) mass is 500 g/mol. The van der Waals surface area contributed by atoms with Crippen molar-refractivity contribution in [2.45, 2.75) is 83.6 Å². The van der Waals surface area contributed by atoms with E-state index in [2.05, 4.69) is 68.8 Å². The van der Waals surface area contributed by atoms with E-state index in [1.807, 2.05) is 18.5 Å². The van der Waals surface area contributed by atoms with Crippen LogP contribution < -0.4 is 5.32 Å². The Morgan fingerprint density at radius 3 is 2.70 bits per heavy atom. The van der Waals surface area contributed by atoms with E-state index < -0.39 is 0 Å². The Bertz CT molecular complexity index is 1250. The molecule has 0 atom stereocenters. The van der Waals surface area contributed by atoms with Gasteiger partial charge in [-0.3, -0.25) is 0 Å². The second-order valence-electron chi connectivity index (χ2n) is 11.0. The Morgan fingerprint density at radius 2 is 1.97 bits per heavy atom. The highest BCUT2D eigenvalue weighted by atomic mass is 15.2. The van der Waals surface area contributed by atoms with Gasteiger partial charge in [-0.15, -0.1) is 5.11 Å². The first-order chi connectivity index (χ1) is 18.0. The number of azo groups is 1. The first-order valence-corrected chi connectivity index (χ1v) is 13.9. The van der Waals surface area contributed by atoms with Crippen LogP contribution in [0.25, 0.3) is 11.0 Å². The molecule has 0 aromatic carbocycles. The van der Waals surface area contributed by atoms with Crippen LogP contribution in [0, 0.1) is 0 Å². The Hall–Kier alpha value is -3.13. The highest BCUT2D eigenvalue weighted by Crippen LogP contribution is 2.48. The van der Waals surface area contributed by atoms with Crippen LogP contribution in [0.3, 0.4) is 0 Å². The molecule has 5 rings (SSSR count). The van der Waals surface area contributed by atoms with E-state index in [4.69, 9.17) is 4.98 Å². The van der Waals surface area contributed by atoms with Crippen molar-refractivity contribution in [3.8, 4) is 0 Å². The zero-order valence-electron chi connectivity index (χ0n) is 22.6. The molecule has 1 spiro atoms. The van der Waals surface area contributed by atoms with Gasteiger partial charge >= 0.3 is 0 Å². The number of nitrogens with one attached hydrogen (secondary N) is 2. The minimum absolute atomic E-state index is 0.0459. The largest absolute Gasteiger partial charge is 0.335 e. The second-order valence-corrected chi connectivity index (χ2v) is 11.0. The van der Waals surface area contributed by atoms with Crippen molar-refractivity contribution in [1.82, 2.24) is 24.8 Å². The van der Waals surface area contributed by atoms with Gasteiger partial charge in [0.15, 0.2) is 5.82 Å². The van der Waals surface area contributed by atoms with E-state index in [0.717, 1.165) is 68.0 Å². The zero-order chi connectivity index (χ0) is 25.8. The molecule has 1 aliphatic carbocycles. The van der Waals surface area contributed by atoms with E-state index in [1.165, 1.54) is 42.4 Å². The summed E-state index contributed by atoms with van der Waals surface area (Å²) in [4.78, 5) is 20.0. The van der Waals surface area contributed by atoms with Gasteiger partial charge in [0.05, 0.1) is 23.8 Å². The summed E-state index contributed by atoms with van der Waals surface area (Å²) in [5.41, 5.74) is 5.55. The lowest BCUT2D eigenvalue weighted by Gasteiger charge is -2.37. The predicted molar refractivity (Wildman–Crippen MR) is 150 cm³/mol. The number of aromatic nitrogens is 4. The predicted octanol–water partition coefficient (Wildman–Crippen LogP) is 7.00. The number of pyridine rings is 1. The maximum absolute atomic E-state index is 4.92. The molecule has 1 aliphatic heterocycles. The van der Waals surface area contributed by atoms with Crippen LogP contribution >= 0.6 is 0 Å². The molecule has 0 amide bonds. The molecule has 8 nitrogen and oxygen atoms in total. The summed E-state index contributed by atoms with van der Waals surface area (Å²) in [7, 11) is 0. The Kier molecular flexibility index (Phi) is 7.65. The van der Waals surface area contributed by atoms with E-state index in [-0.39, 0.29) is 5.41 Å². The quantitative estimate of drug-likeness (QED) is 0.292. The topological polar surface area (TPSA) is 94.5 Å². The van der Waals surface area contributed by atoms with Crippen LogP contribution in [-0.4, -0.2) is 50.5 Å². The van der Waals surface area contributed by atoms with Gasteiger partial charge in [-0.05, 0) is 64.1 Å². The highest BCUT2D eigenvalue weighted by Gasteiger charge is 2.41. The van der Waals surface area contributed by atoms with Crippen LogP contribution in [0.5, 0.6) is 0 Å². The third-order valence-corrected chi connectivity index (χ3v) is 7.91. The van der Waals surface area contributed by atoms with Gasteiger partial charge in [0.25, 0.3) is 0 Å². The smallest absolute Gasteiger partial charge is 0.229 e. The van der Waals surface area contributed by atoms with Crippen molar-refractivity contribution < 1.29 is 0 Å². The van der Waals surface area contributed by atoms with Crippen LogP contribution in [-0.2, 0) is 11.8 Å². The molecule has 8 heteroatoms. The van der Waals surface area contributed by atoms with Gasteiger partial charge in [-0.1, -0.05) is 44.4 Å². The van der Waals surface area contributed by atoms with Gasteiger partial charge in [0, 0.05) is 29.8 Å². The minimum atomic E-state index is 0.0459. The standard InChI is InChI=1S/C29H40N8/c1-5-14-37(20(2)3)15-11-21(4)16-22-9-10-24(30-17-22)34-28-31-18-23-26(35-28)25-27(33-23)36-32-19-29(25)12-7-6-8-13-29/h9-10,17-18,20,33H,4-8,11-16,19H2,1-3H3,(H,30,31,34,35). The van der Waals surface area contributed by atoms with Crippen molar-refractivity contribution in [2.75, 3.05) is 25.0 Å². The van der Waals surface area contributed by atoms with Crippen LogP contribution in [0.4, 0.5) is 17.6 Å². The molecule has 37 heavy (non-hydrogen) atoms. The average Bonchev–Trinajstić information content (AvgIpc) is 3.27. The number of rotatable bonds is 10. The zero-order valence-corrected chi connectivity index (χ0v) is 22.6. The summed E-state index contributed by atoms with van der Waals surface area (Å²) in [6, 6.07) is 4.67. The number of hydrogen-bond acceptors (Lipinski definition) is 7. The molecule has 0 unspecified atom stereocenters. The molecule has 196 valence electrons. The number of anilines is 2. The van der Waals surface area contributed by atoms with Crippen molar-refractivity contribution in [1.29, 1.82) is 0 Å². The van der Waals surface area contributed by atoms with Crippen molar-refractivity contribution in [3.63, 3.8) is 0 Å². The molecule has 1 fully saturated rings. The summed E-state index contributed by atoms with van der Waals surface area (Å²) in [5.74, 6) is 2.14. The Balaban J connectivity index is 1.26. The third-order valence-electron chi connectivity index (χ3n) is 7.91. The first-order valence-electron chi connectivity index (χ1n) is 13.9. The molecule has 0 bridgehead atoms. The Labute approximate surface area is 220 Å². The third kappa shape index (κ3) is 5.59. The van der Waals surface area contributed by atoms with Crippen LogP contribution in [0.2, 0.25) is 0 Å². The second kappa shape index (κ2) is 11.1. The minimum Gasteiger partial charge on any atom is -0.335 e. The van der Waals surface area contributed by atoms with Gasteiger partial charge < -0.3 is 15.2 Å². The summed E-state index contributed by atoms with van der Waals surface area (Å²) in [5, 5.41) is 12.2. The van der Waals surface area contributed by atoms with Gasteiger partial charge in [0.2, 0.25) is 5.95 Å². The molecule has 3 aromatic heterocycles. The summed E-state index contributed by atoms with van der Waals surface area (Å²) in [6.07, 6.45) is 12.8. The number of aromatic amines is 1. The average molecular weight is 501 g/mol. The van der Waals surface area contributed by atoms with E-state index >= 15 is 0 Å². The van der Waals surface area contributed by atoms with E-state index in [0.29, 0.717) is 12.0 Å². The van der Waals surface area contributed by atoms with Gasteiger partial charge in [0.1, 0.15) is 5.82 Å². The lowest BCUT2D eigenvalue weighted by Crippen LogP contribution is -2.33. The fourth-order valence-electron chi connectivity index (χ4n) is 5.87. The van der Waals surface area contributed by atoms with Crippen molar-refractivity contribution in [2.24, 2.45) is 10.2 Å². The number of nitrogens with zero attached hydrogens (tertiary/aromatic N) is 6. The molecular weight excluding hydrogens is 460 g/mol. The maximum Gasteiger partial charge on any atom is 0.229 e. The van der Waals surface area contributed by atoms with E-state index in [1.54, 1.807) is 0 Å². The fourth-order valence-corrected chi connectivity index (χ4v) is 5.87. The summed E-state index contributed by atoms with van der Waals surface area (Å²) in [6.45, 7) is 14.0. The number of fused-ring (bicyclic) bond motifs is 4. The SMILES string of the molecule is C=C(CCN(CCC)C(C)C)Cc1ccc(Nc2ncc3[nH]c4c(c3n2)C2(CCCCC2)CN=N4)nc1. The molecule has 2 N–H and O–H groups in total. The normalized spacial score (nSPS) is 16.6. The molecule has 4 heterocycles. The van der Waals surface area contributed by atoms with Gasteiger partial charge in [-0.25, -0.2) is 15.0 Å². The Morgan fingerprint density at radius 1 is 1.14 bits per heavy atom. The summed E-state index contributed by atoms with van der Waals surface area (Å²) >= 11 is 0. The molecule has 1 saturated carbocycles. The molecule has 0 radical (unpaired) electrons. The van der Waals surface area contributed by atoms with Crippen molar-refractivity contribution in [3.05, 3.63) is 47.8 Å². The molecular formula is C29H40N8.